The van der Waals surface area contributed by atoms with E-state index in [-0.39, 0.29) is 0 Å². The molecule has 0 spiro atoms. The van der Waals surface area contributed by atoms with Crippen LogP contribution in [0.25, 0.3) is 0 Å². The number of carbonyl (C=O) groups is 1. The first kappa shape index (κ1) is 27.7. The van der Waals surface area contributed by atoms with Crippen LogP contribution >= 0.6 is 11.6 Å². The van der Waals surface area contributed by atoms with Crippen LogP contribution in [0.15, 0.2) is 12.2 Å². The van der Waals surface area contributed by atoms with Gasteiger partial charge in [0.05, 0.1) is 0 Å². The van der Waals surface area contributed by atoms with E-state index in [0.717, 1.165) is 18.8 Å². The number of nitrogens with zero attached hydrogens (tertiary/aromatic N) is 1. The predicted molar refractivity (Wildman–Crippen MR) is 116 cm³/mol. The lowest BCUT2D eigenvalue weighted by Crippen LogP contribution is -2.13. The fourth-order valence-corrected chi connectivity index (χ4v) is 2.84. The Bertz CT molecular complexity index is 307. The number of halogens is 1. The van der Waals surface area contributed by atoms with E-state index in [1.165, 1.54) is 77.0 Å². The lowest BCUT2D eigenvalue weighted by molar-refractivity contribution is -0.132. The minimum absolute atomic E-state index is 0.298. The summed E-state index contributed by atoms with van der Waals surface area (Å²) in [6.07, 6.45) is 18.3. The molecule has 3 nitrogen and oxygen atoms in total. The molecule has 4 heteroatoms. The molecule has 0 unspecified atom stereocenters. The van der Waals surface area contributed by atoms with Gasteiger partial charge in [0.15, 0.2) is 0 Å². The summed E-state index contributed by atoms with van der Waals surface area (Å²) in [4.78, 5) is 12.3. The van der Waals surface area contributed by atoms with Gasteiger partial charge >= 0.3 is 5.97 Å². The molecular weight excluding hydrogens is 346 g/mol. The van der Waals surface area contributed by atoms with E-state index < -0.39 is 5.97 Å². The van der Waals surface area contributed by atoms with Gasteiger partial charge in [-0.2, -0.15) is 0 Å². The van der Waals surface area contributed by atoms with Crippen LogP contribution in [-0.2, 0) is 4.79 Å². The third-order valence-electron chi connectivity index (χ3n) is 4.37. The molecule has 0 amide bonds. The van der Waals surface area contributed by atoms with Crippen molar-refractivity contribution in [2.45, 2.75) is 96.8 Å². The molecule has 26 heavy (non-hydrogen) atoms. The first-order valence-corrected chi connectivity index (χ1v) is 11.1. The first-order chi connectivity index (χ1) is 12.5. The van der Waals surface area contributed by atoms with Crippen LogP contribution in [0.2, 0.25) is 0 Å². The van der Waals surface area contributed by atoms with Crippen molar-refractivity contribution in [3.63, 3.8) is 0 Å². The average Bonchev–Trinajstić information content (AvgIpc) is 2.60. The highest BCUT2D eigenvalue weighted by Crippen LogP contribution is 2.11. The second-order valence-corrected chi connectivity index (χ2v) is 7.77. The molecule has 0 heterocycles. The Kier molecular flexibility index (Phi) is 24.0. The van der Waals surface area contributed by atoms with Crippen molar-refractivity contribution in [1.29, 1.82) is 0 Å². The van der Waals surface area contributed by atoms with Crippen LogP contribution in [0, 0.1) is 0 Å². The van der Waals surface area contributed by atoms with Crippen molar-refractivity contribution < 1.29 is 9.90 Å². The van der Waals surface area contributed by atoms with Gasteiger partial charge < -0.3 is 10.0 Å². The molecule has 0 aliphatic carbocycles. The number of unbranched alkanes of at least 4 members (excludes halogenated alkanes) is 11. The fourth-order valence-electron chi connectivity index (χ4n) is 2.65. The number of aliphatic carboxylic acids is 1. The van der Waals surface area contributed by atoms with Crippen molar-refractivity contribution >= 4 is 17.6 Å². The Balaban J connectivity index is 0. The van der Waals surface area contributed by atoms with E-state index in [1.807, 2.05) is 19.0 Å². The van der Waals surface area contributed by atoms with Gasteiger partial charge in [0.25, 0.3) is 0 Å². The quantitative estimate of drug-likeness (QED) is 0.167. The van der Waals surface area contributed by atoms with Gasteiger partial charge in [-0.1, -0.05) is 84.1 Å². The van der Waals surface area contributed by atoms with E-state index in [2.05, 4.69) is 13.5 Å². The summed E-state index contributed by atoms with van der Waals surface area (Å²) < 4.78 is 0. The van der Waals surface area contributed by atoms with Crippen molar-refractivity contribution in [2.75, 3.05) is 26.5 Å². The van der Waals surface area contributed by atoms with Crippen LogP contribution in [-0.4, -0.2) is 42.5 Å². The first-order valence-electron chi connectivity index (χ1n) is 10.6. The monoisotopic (exact) mass is 389 g/mol. The van der Waals surface area contributed by atoms with Gasteiger partial charge in [-0.3, -0.25) is 0 Å². The zero-order chi connectivity index (χ0) is 20.0. The maximum Gasteiger partial charge on any atom is 0.330 e. The zero-order valence-electron chi connectivity index (χ0n) is 17.7. The predicted octanol–water partition coefficient (Wildman–Crippen LogP) is 6.90. The Labute approximate surface area is 168 Å². The topological polar surface area (TPSA) is 40.5 Å². The second kappa shape index (κ2) is 22.5. The van der Waals surface area contributed by atoms with Gasteiger partial charge in [-0.05, 0) is 39.9 Å². The van der Waals surface area contributed by atoms with Crippen LogP contribution < -0.4 is 0 Å². The van der Waals surface area contributed by atoms with Gasteiger partial charge in [0, 0.05) is 11.5 Å². The Hall–Kier alpha value is -0.540. The Morgan fingerprint density at radius 1 is 0.846 bits per heavy atom. The van der Waals surface area contributed by atoms with Gasteiger partial charge in [0.1, 0.15) is 0 Å². The summed E-state index contributed by atoms with van der Waals surface area (Å²) in [5.74, 6) is -0.0407. The summed E-state index contributed by atoms with van der Waals surface area (Å²) in [6.45, 7) is 6.62. The van der Waals surface area contributed by atoms with Crippen LogP contribution in [0.3, 0.4) is 0 Å². The molecule has 0 bridgehead atoms. The second-order valence-electron chi connectivity index (χ2n) is 7.39. The van der Waals surface area contributed by atoms with E-state index in [0.29, 0.717) is 12.0 Å². The van der Waals surface area contributed by atoms with Crippen molar-refractivity contribution in [2.24, 2.45) is 0 Å². The lowest BCUT2D eigenvalue weighted by atomic mass is 10.1. The smallest absolute Gasteiger partial charge is 0.330 e. The maximum atomic E-state index is 10.3. The molecule has 0 rings (SSSR count). The van der Waals surface area contributed by atoms with Crippen LogP contribution in [0.4, 0.5) is 0 Å². The molecule has 0 saturated carbocycles. The van der Waals surface area contributed by atoms with Crippen molar-refractivity contribution in [3.8, 4) is 0 Å². The molecule has 0 fully saturated rings. The average molecular weight is 390 g/mol. The number of hydrogen-bond acceptors (Lipinski definition) is 2. The SMILES string of the molecule is C=C(CCCN(C)C)C(=O)O.CCCCCCCCCCCCCCCl. The summed E-state index contributed by atoms with van der Waals surface area (Å²) in [5.41, 5.74) is 0.298. The molecule has 0 saturated heterocycles. The van der Waals surface area contributed by atoms with Crippen molar-refractivity contribution in [1.82, 2.24) is 4.90 Å². The molecule has 0 atom stereocenters. The zero-order valence-corrected chi connectivity index (χ0v) is 18.5. The summed E-state index contributed by atoms with van der Waals surface area (Å²) in [5, 5.41) is 8.43. The van der Waals surface area contributed by atoms with Gasteiger partial charge in [-0.25, -0.2) is 4.79 Å². The molecular formula is C22H44ClNO2. The van der Waals surface area contributed by atoms with E-state index in [9.17, 15) is 4.79 Å². The van der Waals surface area contributed by atoms with E-state index >= 15 is 0 Å². The number of carboxylic acids is 1. The normalized spacial score (nSPS) is 10.5. The van der Waals surface area contributed by atoms with Gasteiger partial charge in [0.2, 0.25) is 0 Å². The summed E-state index contributed by atoms with van der Waals surface area (Å²) >= 11 is 5.62. The molecule has 0 radical (unpaired) electrons. The van der Waals surface area contributed by atoms with Crippen molar-refractivity contribution in [3.05, 3.63) is 12.2 Å². The largest absolute Gasteiger partial charge is 0.478 e. The number of carboxylic acid groups (broad SMARTS) is 1. The Morgan fingerprint density at radius 2 is 1.27 bits per heavy atom. The molecule has 0 aromatic rings. The minimum Gasteiger partial charge on any atom is -0.478 e. The Morgan fingerprint density at radius 3 is 1.62 bits per heavy atom. The highest BCUT2D eigenvalue weighted by molar-refractivity contribution is 6.17. The van der Waals surface area contributed by atoms with E-state index in [4.69, 9.17) is 16.7 Å². The lowest BCUT2D eigenvalue weighted by Gasteiger charge is -2.08. The number of alkyl halides is 1. The number of hydrogen-bond donors (Lipinski definition) is 1. The standard InChI is InChI=1S/C14H29Cl.C8H15NO2/c1-2-3-4-5-6-7-8-9-10-11-12-13-14-15;1-7(8(10)11)5-4-6-9(2)3/h2-14H2,1H3;1,4-6H2,2-3H3,(H,10,11). The van der Waals surface area contributed by atoms with E-state index in [1.54, 1.807) is 0 Å². The third kappa shape index (κ3) is 25.7. The van der Waals surface area contributed by atoms with Crippen LogP contribution in [0.1, 0.15) is 96.8 Å². The molecule has 0 aliphatic rings. The highest BCUT2D eigenvalue weighted by atomic mass is 35.5. The molecule has 0 aromatic heterocycles. The summed E-state index contributed by atoms with van der Waals surface area (Å²) in [6, 6.07) is 0. The fraction of sp³-hybridized carbons (Fsp3) is 0.864. The highest BCUT2D eigenvalue weighted by Gasteiger charge is 2.02. The summed E-state index contributed by atoms with van der Waals surface area (Å²) in [7, 11) is 3.92. The number of rotatable bonds is 17. The van der Waals surface area contributed by atoms with Gasteiger partial charge in [-0.15, -0.1) is 11.6 Å². The molecule has 0 aromatic carbocycles. The maximum absolute atomic E-state index is 10.3. The third-order valence-corrected chi connectivity index (χ3v) is 4.64. The van der Waals surface area contributed by atoms with Crippen LogP contribution in [0.5, 0.6) is 0 Å². The molecule has 1 N–H and O–H groups in total. The minimum atomic E-state index is -0.885. The molecule has 0 aliphatic heterocycles. The molecule has 156 valence electrons.